The molecule has 0 aliphatic carbocycles. The van der Waals surface area contributed by atoms with Gasteiger partial charge in [0.25, 0.3) is 0 Å². The van der Waals surface area contributed by atoms with E-state index in [9.17, 15) is 14.6 Å². The molecule has 1 amide bonds. The number of phenolic OH excluding ortho intramolecular Hbond substituents is 1. The number of hydrogen-bond acceptors (Lipinski definition) is 5. The standard InChI is InChI=1S/C10H11BN2O4/c14-4-3-12-10(16)8-5-7(13-6-11-17)1-2-9(8)15/h1-2,5-6,14-15H,3-4H2,(H,12,16). The van der Waals surface area contributed by atoms with Crippen LogP contribution in [0.25, 0.3) is 0 Å². The van der Waals surface area contributed by atoms with E-state index in [1.807, 2.05) is 0 Å². The minimum atomic E-state index is -0.514. The number of aromatic hydroxyl groups is 1. The summed E-state index contributed by atoms with van der Waals surface area (Å²) in [5.74, 6) is -0.704. The number of phenols is 1. The van der Waals surface area contributed by atoms with Crippen LogP contribution in [0.15, 0.2) is 23.2 Å². The van der Waals surface area contributed by atoms with Crippen molar-refractivity contribution in [1.82, 2.24) is 5.32 Å². The van der Waals surface area contributed by atoms with Crippen LogP contribution in [0.2, 0.25) is 0 Å². The molecular formula is C10H11BN2O4. The molecule has 0 fully saturated rings. The van der Waals surface area contributed by atoms with E-state index in [1.54, 1.807) is 0 Å². The molecule has 17 heavy (non-hydrogen) atoms. The molecule has 3 N–H and O–H groups in total. The van der Waals surface area contributed by atoms with Crippen molar-refractivity contribution in [3.8, 4) is 5.75 Å². The Morgan fingerprint density at radius 1 is 1.53 bits per heavy atom. The molecule has 1 aromatic rings. The average molecular weight is 234 g/mol. The van der Waals surface area contributed by atoms with Crippen LogP contribution in [0.1, 0.15) is 10.4 Å². The molecule has 0 unspecified atom stereocenters. The third kappa shape index (κ3) is 3.80. The van der Waals surface area contributed by atoms with Gasteiger partial charge in [0.15, 0.2) is 0 Å². The maximum atomic E-state index is 11.5. The first-order valence-electron chi connectivity index (χ1n) is 4.89. The van der Waals surface area contributed by atoms with E-state index in [1.165, 1.54) is 18.2 Å². The van der Waals surface area contributed by atoms with Gasteiger partial charge < -0.3 is 0 Å². The van der Waals surface area contributed by atoms with Crippen LogP contribution in [0, 0.1) is 0 Å². The van der Waals surface area contributed by atoms with Crippen LogP contribution in [-0.4, -0.2) is 42.5 Å². The van der Waals surface area contributed by atoms with E-state index in [4.69, 9.17) is 5.11 Å². The molecule has 0 spiro atoms. The summed E-state index contributed by atoms with van der Waals surface area (Å²) < 4.78 is 10.1. The van der Waals surface area contributed by atoms with Gasteiger partial charge in [-0.1, -0.05) is 0 Å². The first-order chi connectivity index (χ1) is 8.19. The number of nitrogens with zero attached hydrogens (tertiary/aromatic N) is 1. The number of rotatable bonds is 5. The van der Waals surface area contributed by atoms with Crippen LogP contribution in [0.3, 0.4) is 0 Å². The molecule has 0 saturated carbocycles. The van der Waals surface area contributed by atoms with E-state index in [2.05, 4.69) is 10.3 Å². The van der Waals surface area contributed by atoms with Crippen LogP contribution < -0.4 is 5.32 Å². The Hall–Kier alpha value is -2.02. The zero-order valence-electron chi connectivity index (χ0n) is 8.96. The normalized spacial score (nSPS) is 10.2. The van der Waals surface area contributed by atoms with Crippen molar-refractivity contribution in [3.63, 3.8) is 0 Å². The van der Waals surface area contributed by atoms with E-state index in [-0.39, 0.29) is 24.5 Å². The Labute approximate surface area is 98.3 Å². The molecule has 0 saturated heterocycles. The first-order valence-corrected chi connectivity index (χ1v) is 4.89. The Morgan fingerprint density at radius 3 is 2.94 bits per heavy atom. The molecule has 6 nitrogen and oxygen atoms in total. The fraction of sp³-hybridized carbons (Fsp3) is 0.200. The van der Waals surface area contributed by atoms with Gasteiger partial charge in [0.1, 0.15) is 0 Å². The van der Waals surface area contributed by atoms with Gasteiger partial charge in [-0.05, 0) is 0 Å². The molecule has 1 rings (SSSR count). The van der Waals surface area contributed by atoms with E-state index in [0.29, 0.717) is 12.8 Å². The predicted molar refractivity (Wildman–Crippen MR) is 62.1 cm³/mol. The first kappa shape index (κ1) is 13.1. The summed E-state index contributed by atoms with van der Waals surface area (Å²) in [4.78, 5) is 15.3. The van der Waals surface area contributed by atoms with Crippen molar-refractivity contribution in [2.75, 3.05) is 13.2 Å². The zero-order chi connectivity index (χ0) is 12.7. The Kier molecular flexibility index (Phi) is 5.02. The number of aliphatic hydroxyl groups excluding tert-OH is 1. The number of carbonyl (C=O) groups excluding carboxylic acids is 1. The minimum absolute atomic E-state index is 0.0407. The average Bonchev–Trinajstić information content (AvgIpc) is 2.35. The van der Waals surface area contributed by atoms with Gasteiger partial charge in [-0.15, -0.1) is 0 Å². The summed E-state index contributed by atoms with van der Waals surface area (Å²) in [6.07, 6.45) is 1.04. The van der Waals surface area contributed by atoms with Crippen molar-refractivity contribution < 1.29 is 19.7 Å². The number of amides is 1. The quantitative estimate of drug-likeness (QED) is 0.486. The summed E-state index contributed by atoms with van der Waals surface area (Å²) in [6, 6.07) is 4.13. The number of hydrogen-bond donors (Lipinski definition) is 3. The van der Waals surface area contributed by atoms with Crippen molar-refractivity contribution in [2.24, 2.45) is 4.99 Å². The van der Waals surface area contributed by atoms with E-state index >= 15 is 0 Å². The number of aliphatic hydroxyl groups is 1. The van der Waals surface area contributed by atoms with Crippen LogP contribution >= 0.6 is 0 Å². The van der Waals surface area contributed by atoms with E-state index < -0.39 is 5.91 Å². The molecule has 0 aromatic heterocycles. The third-order valence-electron chi connectivity index (χ3n) is 1.91. The molecule has 0 aliphatic rings. The van der Waals surface area contributed by atoms with Gasteiger partial charge in [0, 0.05) is 0 Å². The van der Waals surface area contributed by atoms with Gasteiger partial charge in [-0.2, -0.15) is 0 Å². The Bertz CT molecular complexity index is 448. The second kappa shape index (κ2) is 6.54. The molecular weight excluding hydrogens is 223 g/mol. The predicted octanol–water partition coefficient (Wildman–Crippen LogP) is -0.176. The van der Waals surface area contributed by atoms with E-state index in [0.717, 1.165) is 6.11 Å². The third-order valence-corrected chi connectivity index (χ3v) is 1.91. The molecule has 7 heteroatoms. The summed E-state index contributed by atoms with van der Waals surface area (Å²) in [6.45, 7) is -0.0877. The SMILES string of the molecule is O=BC=Nc1ccc(O)c(C(=O)NCCO)c1. The number of benzene rings is 1. The van der Waals surface area contributed by atoms with Gasteiger partial charge in [-0.3, -0.25) is 0 Å². The van der Waals surface area contributed by atoms with Crippen molar-refractivity contribution >= 4 is 24.9 Å². The van der Waals surface area contributed by atoms with Crippen LogP contribution in [0.5, 0.6) is 5.75 Å². The fourth-order valence-electron chi connectivity index (χ4n) is 1.17. The van der Waals surface area contributed by atoms with Gasteiger partial charge in [0.2, 0.25) is 0 Å². The second-order valence-corrected chi connectivity index (χ2v) is 3.10. The summed E-state index contributed by atoms with van der Waals surface area (Å²) in [5, 5.41) is 20.5. The van der Waals surface area contributed by atoms with Crippen molar-refractivity contribution in [3.05, 3.63) is 23.8 Å². The maximum absolute atomic E-state index is 11.5. The van der Waals surface area contributed by atoms with Crippen LogP contribution in [-0.2, 0) is 4.70 Å². The Balaban J connectivity index is 2.93. The fourth-order valence-corrected chi connectivity index (χ4v) is 1.17. The molecule has 0 aliphatic heterocycles. The van der Waals surface area contributed by atoms with Crippen molar-refractivity contribution in [2.45, 2.75) is 0 Å². The van der Waals surface area contributed by atoms with Gasteiger partial charge >= 0.3 is 97.5 Å². The summed E-state index contributed by atoms with van der Waals surface area (Å²) in [7, 11) is 0.512. The summed E-state index contributed by atoms with van der Waals surface area (Å²) >= 11 is 0. The monoisotopic (exact) mass is 234 g/mol. The Morgan fingerprint density at radius 2 is 2.29 bits per heavy atom. The molecule has 0 atom stereocenters. The molecule has 0 heterocycles. The zero-order valence-corrected chi connectivity index (χ0v) is 8.96. The van der Waals surface area contributed by atoms with Gasteiger partial charge in [0.05, 0.1) is 0 Å². The van der Waals surface area contributed by atoms with Crippen LogP contribution in [0.4, 0.5) is 5.69 Å². The summed E-state index contributed by atoms with van der Waals surface area (Å²) in [5.41, 5.74) is 0.419. The molecule has 88 valence electrons. The second-order valence-electron chi connectivity index (χ2n) is 3.10. The van der Waals surface area contributed by atoms with Gasteiger partial charge in [-0.25, -0.2) is 0 Å². The molecule has 0 radical (unpaired) electrons. The topological polar surface area (TPSA) is 99.0 Å². The number of carbonyl (C=O) groups is 1. The van der Waals surface area contributed by atoms with Crippen molar-refractivity contribution in [1.29, 1.82) is 0 Å². The number of nitrogens with one attached hydrogen (secondary N) is 1. The molecule has 0 bridgehead atoms. The number of aliphatic imine (C=N–C) groups is 1. The molecule has 1 aromatic carbocycles.